The Hall–Kier alpha value is -2.30. The van der Waals surface area contributed by atoms with Gasteiger partial charge in [-0.3, -0.25) is 9.59 Å². The Bertz CT molecular complexity index is 1130. The van der Waals surface area contributed by atoms with Crippen LogP contribution in [0.5, 0.6) is 5.75 Å². The van der Waals surface area contributed by atoms with Gasteiger partial charge in [0.2, 0.25) is 5.91 Å². The molecule has 2 aromatic carbocycles. The fourth-order valence-electron chi connectivity index (χ4n) is 3.45. The Balaban J connectivity index is 1.79. The molecule has 0 saturated heterocycles. The monoisotopic (exact) mass is 544 g/mol. The second-order valence-corrected chi connectivity index (χ2v) is 9.30. The van der Waals surface area contributed by atoms with Crippen LogP contribution in [0.15, 0.2) is 30.3 Å². The Morgan fingerprint density at radius 1 is 1.12 bits per heavy atom. The first-order chi connectivity index (χ1) is 15.8. The Morgan fingerprint density at radius 3 is 2.38 bits per heavy atom. The van der Waals surface area contributed by atoms with Gasteiger partial charge in [-0.05, 0) is 23.8 Å². The minimum atomic E-state index is -4.50. The summed E-state index contributed by atoms with van der Waals surface area (Å²) in [4.78, 5) is 25.1. The molecule has 2 N–H and O–H groups in total. The molecule has 0 bridgehead atoms. The molecule has 0 spiro atoms. The van der Waals surface area contributed by atoms with Gasteiger partial charge in [-0.1, -0.05) is 17.7 Å². The van der Waals surface area contributed by atoms with E-state index in [2.05, 4.69) is 5.32 Å². The summed E-state index contributed by atoms with van der Waals surface area (Å²) in [6, 6.07) is 5.65. The third-order valence-corrected chi connectivity index (χ3v) is 6.32. The van der Waals surface area contributed by atoms with Crippen molar-refractivity contribution in [2.75, 3.05) is 19.0 Å². The van der Waals surface area contributed by atoms with Crippen LogP contribution in [-0.2, 0) is 4.79 Å². The van der Waals surface area contributed by atoms with Gasteiger partial charge in [0.15, 0.2) is 11.6 Å². The molecular weight excluding hydrogens is 530 g/mol. The molecule has 2 atom stereocenters. The Labute approximate surface area is 205 Å². The van der Waals surface area contributed by atoms with Gasteiger partial charge in [0.05, 0.1) is 30.0 Å². The minimum absolute atomic E-state index is 0.184. The van der Waals surface area contributed by atoms with Crippen molar-refractivity contribution in [1.29, 1.82) is 0 Å². The average molecular weight is 546 g/mol. The standard InChI is InChI=1S/C21H16Cl3F5N2O3/c1-34-17-11(18(32)30-5-4-20(27,28)29)7-10(8-14(17)26)31-19(33)16-15(21(16,23)24)9-2-3-13(25)12(22)6-9/h2-3,6-8,15-16H,4-5H2,1H3,(H,30,32)(H,31,33)/t15-,16+/m0/s1. The Morgan fingerprint density at radius 2 is 1.79 bits per heavy atom. The molecule has 0 aliphatic heterocycles. The van der Waals surface area contributed by atoms with Gasteiger partial charge in [0.25, 0.3) is 5.91 Å². The predicted octanol–water partition coefficient (Wildman–Crippen LogP) is 5.84. The van der Waals surface area contributed by atoms with Crippen LogP contribution in [0.2, 0.25) is 5.02 Å². The zero-order valence-electron chi connectivity index (χ0n) is 17.2. The first-order valence-corrected chi connectivity index (χ1v) is 10.8. The number of hydrogen-bond donors (Lipinski definition) is 2. The molecule has 184 valence electrons. The lowest BCUT2D eigenvalue weighted by Crippen LogP contribution is -2.28. The van der Waals surface area contributed by atoms with Crippen molar-refractivity contribution < 1.29 is 36.3 Å². The smallest absolute Gasteiger partial charge is 0.390 e. The number of nitrogens with one attached hydrogen (secondary N) is 2. The molecule has 2 amide bonds. The molecule has 13 heteroatoms. The van der Waals surface area contributed by atoms with Gasteiger partial charge >= 0.3 is 6.18 Å². The summed E-state index contributed by atoms with van der Waals surface area (Å²) in [5.41, 5.74) is -0.209. The Kier molecular flexibility index (Phi) is 7.54. The number of carbonyl (C=O) groups is 2. The topological polar surface area (TPSA) is 67.4 Å². The van der Waals surface area contributed by atoms with E-state index in [1.165, 1.54) is 12.1 Å². The molecule has 0 unspecified atom stereocenters. The second-order valence-electron chi connectivity index (χ2n) is 7.45. The maximum Gasteiger partial charge on any atom is 0.390 e. The number of amides is 2. The number of anilines is 1. The fraction of sp³-hybridized carbons (Fsp3) is 0.333. The molecule has 1 fully saturated rings. The second kappa shape index (κ2) is 9.75. The van der Waals surface area contributed by atoms with Gasteiger partial charge in [0.1, 0.15) is 10.2 Å². The molecular formula is C21H16Cl3F5N2O3. The van der Waals surface area contributed by atoms with E-state index in [1.54, 1.807) is 0 Å². The predicted molar refractivity (Wildman–Crippen MR) is 117 cm³/mol. The summed E-state index contributed by atoms with van der Waals surface area (Å²) in [5.74, 6) is -5.77. The molecule has 1 saturated carbocycles. The number of ether oxygens (including phenoxy) is 1. The number of benzene rings is 2. The van der Waals surface area contributed by atoms with Crippen molar-refractivity contribution in [3.8, 4) is 5.75 Å². The molecule has 1 aliphatic carbocycles. The zero-order valence-corrected chi connectivity index (χ0v) is 19.5. The van der Waals surface area contributed by atoms with Gasteiger partial charge < -0.3 is 15.4 Å². The average Bonchev–Trinajstić information content (AvgIpc) is 3.30. The van der Waals surface area contributed by atoms with Crippen molar-refractivity contribution in [1.82, 2.24) is 5.32 Å². The SMILES string of the molecule is COc1c(F)cc(NC(=O)[C@H]2[C@H](c3ccc(F)c(Cl)c3)C2(Cl)Cl)cc1C(=O)NCCC(F)(F)F. The van der Waals surface area contributed by atoms with Crippen LogP contribution >= 0.6 is 34.8 Å². The van der Waals surface area contributed by atoms with E-state index in [9.17, 15) is 31.5 Å². The van der Waals surface area contributed by atoms with Crippen molar-refractivity contribution in [2.45, 2.75) is 22.8 Å². The lowest BCUT2D eigenvalue weighted by molar-refractivity contribution is -0.133. The summed E-state index contributed by atoms with van der Waals surface area (Å²) in [6.45, 7) is -0.741. The fourth-order valence-corrected chi connectivity index (χ4v) is 4.47. The molecule has 5 nitrogen and oxygen atoms in total. The first-order valence-electron chi connectivity index (χ1n) is 9.62. The first kappa shape index (κ1) is 26.3. The number of methoxy groups -OCH3 is 1. The van der Waals surface area contributed by atoms with E-state index in [0.717, 1.165) is 25.3 Å². The van der Waals surface area contributed by atoms with Crippen LogP contribution in [0.25, 0.3) is 0 Å². The van der Waals surface area contributed by atoms with Gasteiger partial charge in [0, 0.05) is 24.2 Å². The van der Waals surface area contributed by atoms with Crippen molar-refractivity contribution in [2.24, 2.45) is 5.92 Å². The van der Waals surface area contributed by atoms with E-state index >= 15 is 0 Å². The largest absolute Gasteiger partial charge is 0.493 e. The van der Waals surface area contributed by atoms with Crippen LogP contribution in [0.4, 0.5) is 27.6 Å². The van der Waals surface area contributed by atoms with Crippen LogP contribution in [-0.4, -0.2) is 36.0 Å². The van der Waals surface area contributed by atoms with E-state index in [-0.39, 0.29) is 10.7 Å². The van der Waals surface area contributed by atoms with Gasteiger partial charge in [-0.25, -0.2) is 8.78 Å². The summed E-state index contributed by atoms with van der Waals surface area (Å²) in [6.07, 6.45) is -5.78. The highest BCUT2D eigenvalue weighted by Gasteiger charge is 2.67. The van der Waals surface area contributed by atoms with Crippen LogP contribution in [0.1, 0.15) is 28.3 Å². The molecule has 0 aromatic heterocycles. The van der Waals surface area contributed by atoms with Gasteiger partial charge in [-0.15, -0.1) is 23.2 Å². The van der Waals surface area contributed by atoms with Crippen molar-refractivity contribution in [3.05, 3.63) is 58.1 Å². The van der Waals surface area contributed by atoms with E-state index in [4.69, 9.17) is 39.5 Å². The van der Waals surface area contributed by atoms with Crippen LogP contribution in [0.3, 0.4) is 0 Å². The zero-order chi connectivity index (χ0) is 25.4. The highest BCUT2D eigenvalue weighted by Crippen LogP contribution is 2.65. The minimum Gasteiger partial charge on any atom is -0.493 e. The van der Waals surface area contributed by atoms with E-state index in [1.807, 2.05) is 5.32 Å². The lowest BCUT2D eigenvalue weighted by atomic mass is 10.1. The maximum absolute atomic E-state index is 14.5. The van der Waals surface area contributed by atoms with Crippen molar-refractivity contribution >= 4 is 52.3 Å². The van der Waals surface area contributed by atoms with Crippen LogP contribution < -0.4 is 15.4 Å². The third-order valence-electron chi connectivity index (χ3n) is 5.09. The maximum atomic E-state index is 14.5. The van der Waals surface area contributed by atoms with Gasteiger partial charge in [-0.2, -0.15) is 13.2 Å². The molecule has 0 heterocycles. The summed E-state index contributed by atoms with van der Waals surface area (Å²) >= 11 is 18.2. The normalized spacial score (nSPS) is 18.9. The molecule has 0 radical (unpaired) electrons. The molecule has 34 heavy (non-hydrogen) atoms. The number of alkyl halides is 5. The number of carbonyl (C=O) groups excluding carboxylic acids is 2. The number of hydrogen-bond acceptors (Lipinski definition) is 3. The molecule has 2 aromatic rings. The molecule has 1 aliphatic rings. The quantitative estimate of drug-likeness (QED) is 0.340. The highest BCUT2D eigenvalue weighted by atomic mass is 35.5. The summed E-state index contributed by atoms with van der Waals surface area (Å²) in [7, 11) is 1.07. The van der Waals surface area contributed by atoms with E-state index < -0.39 is 70.1 Å². The van der Waals surface area contributed by atoms with E-state index in [0.29, 0.717) is 5.56 Å². The lowest BCUT2D eigenvalue weighted by Gasteiger charge is -2.14. The highest BCUT2D eigenvalue weighted by molar-refractivity contribution is 6.53. The third kappa shape index (κ3) is 5.67. The number of halogens is 8. The molecule has 3 rings (SSSR count). The van der Waals surface area contributed by atoms with Crippen molar-refractivity contribution in [3.63, 3.8) is 0 Å². The summed E-state index contributed by atoms with van der Waals surface area (Å²) < 4.78 is 68.2. The van der Waals surface area contributed by atoms with Crippen LogP contribution in [0, 0.1) is 17.6 Å². The number of rotatable bonds is 7. The summed E-state index contributed by atoms with van der Waals surface area (Å²) in [5, 5.41) is 4.21.